The van der Waals surface area contributed by atoms with Gasteiger partial charge in [0.25, 0.3) is 0 Å². The number of benzene rings is 2. The van der Waals surface area contributed by atoms with Gasteiger partial charge in [0.1, 0.15) is 6.07 Å². The molecule has 1 aromatic heterocycles. The standard InChI is InChI=1S/C19H16BrN3/c1-12-13-6-2-3-8-15(13)16(10-21)18-14(12)7-4-5-9-23-19(18)17(20)11-22-23/h2-3,6,8,11H,4-5,7,9H2,1H3. The van der Waals surface area contributed by atoms with Crippen LogP contribution in [0, 0.1) is 18.3 Å². The molecule has 0 spiro atoms. The van der Waals surface area contributed by atoms with E-state index in [0.717, 1.165) is 52.5 Å². The highest BCUT2D eigenvalue weighted by Crippen LogP contribution is 2.41. The summed E-state index contributed by atoms with van der Waals surface area (Å²) >= 11 is 3.64. The van der Waals surface area contributed by atoms with E-state index in [4.69, 9.17) is 0 Å². The quantitative estimate of drug-likeness (QED) is 0.563. The number of nitriles is 1. The first kappa shape index (κ1) is 14.5. The van der Waals surface area contributed by atoms with Gasteiger partial charge in [0.2, 0.25) is 0 Å². The van der Waals surface area contributed by atoms with Gasteiger partial charge < -0.3 is 0 Å². The van der Waals surface area contributed by atoms with E-state index in [0.29, 0.717) is 0 Å². The molecule has 4 rings (SSSR count). The molecule has 0 unspecified atom stereocenters. The van der Waals surface area contributed by atoms with Crippen molar-refractivity contribution >= 4 is 26.7 Å². The zero-order valence-electron chi connectivity index (χ0n) is 12.9. The van der Waals surface area contributed by atoms with E-state index < -0.39 is 0 Å². The van der Waals surface area contributed by atoms with Crippen molar-refractivity contribution < 1.29 is 0 Å². The zero-order valence-corrected chi connectivity index (χ0v) is 14.5. The van der Waals surface area contributed by atoms with E-state index in [-0.39, 0.29) is 0 Å². The molecule has 1 aliphatic heterocycles. The third kappa shape index (κ3) is 2.11. The van der Waals surface area contributed by atoms with Gasteiger partial charge >= 0.3 is 0 Å². The van der Waals surface area contributed by atoms with Crippen molar-refractivity contribution in [3.05, 3.63) is 51.6 Å². The molecule has 0 radical (unpaired) electrons. The Hall–Kier alpha value is -2.12. The normalized spacial score (nSPS) is 13.8. The van der Waals surface area contributed by atoms with Gasteiger partial charge in [0.15, 0.2) is 0 Å². The van der Waals surface area contributed by atoms with E-state index in [2.05, 4.69) is 46.2 Å². The number of aromatic nitrogens is 2. The van der Waals surface area contributed by atoms with E-state index in [1.807, 2.05) is 23.0 Å². The second kappa shape index (κ2) is 5.50. The van der Waals surface area contributed by atoms with E-state index in [1.54, 1.807) is 0 Å². The summed E-state index contributed by atoms with van der Waals surface area (Å²) in [4.78, 5) is 0. The molecule has 1 aliphatic rings. The predicted octanol–water partition coefficient (Wildman–Crippen LogP) is 4.98. The first-order valence-electron chi connectivity index (χ1n) is 7.88. The summed E-state index contributed by atoms with van der Waals surface area (Å²) in [5, 5.41) is 16.6. The van der Waals surface area contributed by atoms with Crippen molar-refractivity contribution in [1.82, 2.24) is 9.78 Å². The smallest absolute Gasteiger partial charge is 0.100 e. The number of aryl methyl sites for hydroxylation is 2. The van der Waals surface area contributed by atoms with Crippen LogP contribution in [0.15, 0.2) is 34.9 Å². The van der Waals surface area contributed by atoms with Crippen LogP contribution in [0.1, 0.15) is 29.5 Å². The zero-order chi connectivity index (χ0) is 16.0. The minimum Gasteiger partial charge on any atom is -0.264 e. The van der Waals surface area contributed by atoms with Crippen molar-refractivity contribution in [2.45, 2.75) is 32.7 Å². The maximum absolute atomic E-state index is 9.90. The van der Waals surface area contributed by atoms with Crippen molar-refractivity contribution in [2.75, 3.05) is 0 Å². The first-order chi connectivity index (χ1) is 11.2. The van der Waals surface area contributed by atoms with E-state index in [1.165, 1.54) is 16.5 Å². The fourth-order valence-corrected chi connectivity index (χ4v) is 4.19. The highest BCUT2D eigenvalue weighted by Gasteiger charge is 2.24. The fourth-order valence-electron chi connectivity index (χ4n) is 3.70. The number of nitrogens with zero attached hydrogens (tertiary/aromatic N) is 3. The van der Waals surface area contributed by atoms with Crippen molar-refractivity contribution in [2.24, 2.45) is 0 Å². The average Bonchev–Trinajstić information content (AvgIpc) is 2.90. The van der Waals surface area contributed by atoms with Gasteiger partial charge in [-0.05, 0) is 58.6 Å². The summed E-state index contributed by atoms with van der Waals surface area (Å²) < 4.78 is 3.00. The molecule has 0 bridgehead atoms. The molecule has 0 saturated heterocycles. The van der Waals surface area contributed by atoms with Crippen LogP contribution in [-0.2, 0) is 13.0 Å². The third-order valence-electron chi connectivity index (χ3n) is 4.79. The highest BCUT2D eigenvalue weighted by atomic mass is 79.9. The number of halogens is 1. The summed E-state index contributed by atoms with van der Waals surface area (Å²) in [5.41, 5.74) is 5.46. The largest absolute Gasteiger partial charge is 0.264 e. The van der Waals surface area contributed by atoms with E-state index >= 15 is 0 Å². The molecule has 0 N–H and O–H groups in total. The molecule has 2 heterocycles. The Morgan fingerprint density at radius 2 is 2.00 bits per heavy atom. The van der Waals surface area contributed by atoms with Crippen LogP contribution >= 0.6 is 15.9 Å². The number of fused-ring (bicyclic) bond motifs is 4. The summed E-state index contributed by atoms with van der Waals surface area (Å²) in [5.74, 6) is 0. The highest BCUT2D eigenvalue weighted by molar-refractivity contribution is 9.10. The lowest BCUT2D eigenvalue weighted by Crippen LogP contribution is -2.10. The molecule has 3 nitrogen and oxygen atoms in total. The Bertz CT molecular complexity index is 963. The summed E-state index contributed by atoms with van der Waals surface area (Å²) in [6.07, 6.45) is 5.08. The Kier molecular flexibility index (Phi) is 3.46. The molecular weight excluding hydrogens is 350 g/mol. The molecule has 4 heteroatoms. The molecule has 0 amide bonds. The van der Waals surface area contributed by atoms with Gasteiger partial charge in [0.05, 0.1) is 21.9 Å². The SMILES string of the molecule is Cc1c2c(c(C#N)c3ccccc13)-c1c(Br)cnn1CCCC2. The maximum Gasteiger partial charge on any atom is 0.100 e. The summed E-state index contributed by atoms with van der Waals surface area (Å²) in [7, 11) is 0. The molecule has 0 saturated carbocycles. The predicted molar refractivity (Wildman–Crippen MR) is 95.3 cm³/mol. The number of hydrogen-bond acceptors (Lipinski definition) is 2. The first-order valence-corrected chi connectivity index (χ1v) is 8.67. The van der Waals surface area contributed by atoms with E-state index in [9.17, 15) is 5.26 Å². The van der Waals surface area contributed by atoms with Crippen LogP contribution in [0.2, 0.25) is 0 Å². The van der Waals surface area contributed by atoms with Gasteiger partial charge in [0, 0.05) is 17.5 Å². The lowest BCUT2D eigenvalue weighted by Gasteiger charge is -2.21. The topological polar surface area (TPSA) is 41.6 Å². The molecule has 2 aromatic carbocycles. The molecule has 3 aromatic rings. The second-order valence-electron chi connectivity index (χ2n) is 6.03. The summed E-state index contributed by atoms with van der Waals surface area (Å²) in [6.45, 7) is 3.08. The Morgan fingerprint density at radius 3 is 2.78 bits per heavy atom. The minimum absolute atomic E-state index is 0.769. The third-order valence-corrected chi connectivity index (χ3v) is 5.38. The van der Waals surface area contributed by atoms with Crippen molar-refractivity contribution in [3.8, 4) is 17.3 Å². The molecule has 23 heavy (non-hydrogen) atoms. The van der Waals surface area contributed by atoms with Gasteiger partial charge in [-0.25, -0.2) is 0 Å². The van der Waals surface area contributed by atoms with Crippen LogP contribution in [0.5, 0.6) is 0 Å². The van der Waals surface area contributed by atoms with Crippen LogP contribution < -0.4 is 0 Å². The Morgan fingerprint density at radius 1 is 1.22 bits per heavy atom. The van der Waals surface area contributed by atoms with Gasteiger partial charge in [-0.2, -0.15) is 10.4 Å². The molecular formula is C19H16BrN3. The average molecular weight is 366 g/mol. The van der Waals surface area contributed by atoms with Crippen LogP contribution in [0.25, 0.3) is 22.0 Å². The van der Waals surface area contributed by atoms with Gasteiger partial charge in [-0.1, -0.05) is 24.3 Å². The number of hydrogen-bond donors (Lipinski definition) is 0. The van der Waals surface area contributed by atoms with Crippen molar-refractivity contribution in [3.63, 3.8) is 0 Å². The van der Waals surface area contributed by atoms with Crippen LogP contribution in [0.3, 0.4) is 0 Å². The minimum atomic E-state index is 0.769. The monoisotopic (exact) mass is 365 g/mol. The molecule has 0 aliphatic carbocycles. The lowest BCUT2D eigenvalue weighted by atomic mass is 9.85. The Labute approximate surface area is 143 Å². The van der Waals surface area contributed by atoms with Crippen LogP contribution in [-0.4, -0.2) is 9.78 Å². The summed E-state index contributed by atoms with van der Waals surface area (Å²) in [6, 6.07) is 10.7. The van der Waals surface area contributed by atoms with Gasteiger partial charge in [-0.3, -0.25) is 4.68 Å². The Balaban J connectivity index is 2.22. The lowest BCUT2D eigenvalue weighted by molar-refractivity contribution is 0.555. The molecule has 0 fully saturated rings. The molecule has 114 valence electrons. The fraction of sp³-hybridized carbons (Fsp3) is 0.263. The van der Waals surface area contributed by atoms with Crippen LogP contribution in [0.4, 0.5) is 0 Å². The second-order valence-corrected chi connectivity index (χ2v) is 6.89. The molecule has 0 atom stereocenters. The number of rotatable bonds is 0. The maximum atomic E-state index is 9.90. The van der Waals surface area contributed by atoms with Crippen molar-refractivity contribution in [1.29, 1.82) is 5.26 Å². The van der Waals surface area contributed by atoms with Gasteiger partial charge in [-0.15, -0.1) is 0 Å².